The van der Waals surface area contributed by atoms with E-state index >= 15 is 0 Å². The molecule has 1 aliphatic rings. The second kappa shape index (κ2) is 2.33. The summed E-state index contributed by atoms with van der Waals surface area (Å²) < 4.78 is 0. The van der Waals surface area contributed by atoms with Crippen molar-refractivity contribution in [3.05, 3.63) is 22.4 Å². The maximum Gasteiger partial charge on any atom is 0.0226 e. The van der Waals surface area contributed by atoms with Gasteiger partial charge < -0.3 is 5.73 Å². The number of hydrogen-bond donors (Lipinski definition) is 1. The van der Waals surface area contributed by atoms with Crippen molar-refractivity contribution in [1.29, 1.82) is 0 Å². The van der Waals surface area contributed by atoms with Crippen molar-refractivity contribution in [2.75, 3.05) is 6.54 Å². The third-order valence-electron chi connectivity index (χ3n) is 3.26. The summed E-state index contributed by atoms with van der Waals surface area (Å²) in [5, 5.41) is 2.14. The molecular weight excluding hydrogens is 166 g/mol. The monoisotopic (exact) mass is 181 g/mol. The van der Waals surface area contributed by atoms with Crippen LogP contribution in [0.4, 0.5) is 0 Å². The molecule has 0 spiro atoms. The van der Waals surface area contributed by atoms with Crippen LogP contribution >= 0.6 is 11.3 Å². The molecule has 2 N–H and O–H groups in total. The van der Waals surface area contributed by atoms with Crippen LogP contribution in [0.5, 0.6) is 0 Å². The lowest BCUT2D eigenvalue weighted by Crippen LogP contribution is -2.24. The van der Waals surface area contributed by atoms with Crippen LogP contribution in [0.25, 0.3) is 0 Å². The Hall–Kier alpha value is -0.340. The van der Waals surface area contributed by atoms with Gasteiger partial charge in [-0.2, -0.15) is 0 Å². The van der Waals surface area contributed by atoms with Gasteiger partial charge in [-0.25, -0.2) is 0 Å². The van der Waals surface area contributed by atoms with E-state index in [0.717, 1.165) is 6.54 Å². The number of thiophene rings is 1. The average Bonchev–Trinajstić information content (AvgIpc) is 2.52. The number of rotatable bonds is 2. The molecule has 1 aromatic heterocycles. The Labute approximate surface area is 77.6 Å². The normalized spacial score (nSPS) is 31.9. The molecule has 0 aliphatic heterocycles. The summed E-state index contributed by atoms with van der Waals surface area (Å²) in [6.45, 7) is 5.40. The van der Waals surface area contributed by atoms with Crippen molar-refractivity contribution >= 4 is 11.3 Å². The fourth-order valence-electron chi connectivity index (χ4n) is 2.13. The van der Waals surface area contributed by atoms with Gasteiger partial charge in [-0.1, -0.05) is 19.9 Å². The Kier molecular flexibility index (Phi) is 1.61. The largest absolute Gasteiger partial charge is 0.330 e. The van der Waals surface area contributed by atoms with E-state index in [-0.39, 0.29) is 0 Å². The fourth-order valence-corrected chi connectivity index (χ4v) is 3.25. The average molecular weight is 181 g/mol. The van der Waals surface area contributed by atoms with Crippen molar-refractivity contribution in [2.45, 2.75) is 25.7 Å². The molecule has 0 radical (unpaired) electrons. The molecule has 12 heavy (non-hydrogen) atoms. The summed E-state index contributed by atoms with van der Waals surface area (Å²) in [6, 6.07) is 4.33. The van der Waals surface area contributed by atoms with Crippen LogP contribution < -0.4 is 5.73 Å². The van der Waals surface area contributed by atoms with Gasteiger partial charge in [0.2, 0.25) is 0 Å². The molecule has 2 rings (SSSR count). The van der Waals surface area contributed by atoms with Gasteiger partial charge in [0.1, 0.15) is 0 Å². The van der Waals surface area contributed by atoms with Gasteiger partial charge in [-0.05, 0) is 23.3 Å². The molecular formula is C10H15NS. The highest BCUT2D eigenvalue weighted by molar-refractivity contribution is 7.10. The lowest BCUT2D eigenvalue weighted by Gasteiger charge is -2.16. The Morgan fingerprint density at radius 3 is 2.58 bits per heavy atom. The molecule has 0 aromatic carbocycles. The molecule has 1 nitrogen and oxygen atoms in total. The highest BCUT2D eigenvalue weighted by atomic mass is 32.1. The minimum atomic E-state index is 0.307. The summed E-state index contributed by atoms with van der Waals surface area (Å²) in [6.07, 6.45) is 1.25. The van der Waals surface area contributed by atoms with Gasteiger partial charge in [-0.15, -0.1) is 11.3 Å². The van der Waals surface area contributed by atoms with Crippen molar-refractivity contribution in [2.24, 2.45) is 11.1 Å². The predicted octanol–water partition coefficient (Wildman–Crippen LogP) is 2.37. The van der Waals surface area contributed by atoms with Crippen LogP contribution in [-0.2, 0) is 5.41 Å². The first kappa shape index (κ1) is 8.27. The molecule has 1 unspecified atom stereocenters. The molecule has 1 atom stereocenters. The molecule has 1 saturated carbocycles. The first-order valence-corrected chi connectivity index (χ1v) is 5.24. The smallest absolute Gasteiger partial charge is 0.0226 e. The standard InChI is InChI=1S/C10H15NS/c1-9(2)6-10(9,7-11)8-4-3-5-12-8/h3-5H,6-7,11H2,1-2H3. The first-order valence-electron chi connectivity index (χ1n) is 4.36. The molecule has 66 valence electrons. The second-order valence-corrected chi connectivity index (χ2v) is 5.27. The van der Waals surface area contributed by atoms with Crippen LogP contribution in [0.1, 0.15) is 25.1 Å². The molecule has 2 heteroatoms. The zero-order valence-electron chi connectivity index (χ0n) is 7.63. The lowest BCUT2D eigenvalue weighted by atomic mass is 9.94. The molecule has 1 fully saturated rings. The summed E-state index contributed by atoms with van der Waals surface area (Å²) in [7, 11) is 0. The van der Waals surface area contributed by atoms with E-state index in [1.165, 1.54) is 11.3 Å². The van der Waals surface area contributed by atoms with E-state index in [1.54, 1.807) is 0 Å². The Balaban J connectivity index is 2.34. The van der Waals surface area contributed by atoms with Crippen LogP contribution in [0.3, 0.4) is 0 Å². The predicted molar refractivity (Wildman–Crippen MR) is 53.4 cm³/mol. The van der Waals surface area contributed by atoms with Gasteiger partial charge in [0, 0.05) is 16.8 Å². The highest BCUT2D eigenvalue weighted by Gasteiger charge is 2.61. The molecule has 0 amide bonds. The second-order valence-electron chi connectivity index (χ2n) is 4.32. The van der Waals surface area contributed by atoms with Gasteiger partial charge in [0.05, 0.1) is 0 Å². The molecule has 1 aliphatic carbocycles. The van der Waals surface area contributed by atoms with Crippen molar-refractivity contribution < 1.29 is 0 Å². The van der Waals surface area contributed by atoms with E-state index in [0.29, 0.717) is 10.8 Å². The zero-order valence-corrected chi connectivity index (χ0v) is 8.45. The third kappa shape index (κ3) is 0.882. The van der Waals surface area contributed by atoms with E-state index in [1.807, 2.05) is 11.3 Å². The van der Waals surface area contributed by atoms with E-state index in [2.05, 4.69) is 31.4 Å². The Morgan fingerprint density at radius 2 is 2.25 bits per heavy atom. The van der Waals surface area contributed by atoms with Crippen LogP contribution in [0.15, 0.2) is 17.5 Å². The Morgan fingerprint density at radius 1 is 1.58 bits per heavy atom. The van der Waals surface area contributed by atoms with Gasteiger partial charge >= 0.3 is 0 Å². The number of hydrogen-bond acceptors (Lipinski definition) is 2. The minimum Gasteiger partial charge on any atom is -0.330 e. The Bertz CT molecular complexity index is 276. The zero-order chi connectivity index (χ0) is 8.82. The fraction of sp³-hybridized carbons (Fsp3) is 0.600. The van der Waals surface area contributed by atoms with Gasteiger partial charge in [0.25, 0.3) is 0 Å². The van der Waals surface area contributed by atoms with Crippen LogP contribution in [0, 0.1) is 5.41 Å². The SMILES string of the molecule is CC1(C)CC1(CN)c1cccs1. The third-order valence-corrected chi connectivity index (χ3v) is 4.33. The van der Waals surface area contributed by atoms with Gasteiger partial charge in [0.15, 0.2) is 0 Å². The quantitative estimate of drug-likeness (QED) is 0.744. The molecule has 1 heterocycles. The topological polar surface area (TPSA) is 26.0 Å². The lowest BCUT2D eigenvalue weighted by molar-refractivity contribution is 0.509. The van der Waals surface area contributed by atoms with E-state index in [4.69, 9.17) is 5.73 Å². The number of nitrogens with two attached hydrogens (primary N) is 1. The van der Waals surface area contributed by atoms with Crippen LogP contribution in [-0.4, -0.2) is 6.54 Å². The van der Waals surface area contributed by atoms with Gasteiger partial charge in [-0.3, -0.25) is 0 Å². The van der Waals surface area contributed by atoms with E-state index in [9.17, 15) is 0 Å². The summed E-state index contributed by atoms with van der Waals surface area (Å²) in [4.78, 5) is 1.47. The van der Waals surface area contributed by atoms with Crippen molar-refractivity contribution in [1.82, 2.24) is 0 Å². The summed E-state index contributed by atoms with van der Waals surface area (Å²) in [5.41, 5.74) is 6.57. The van der Waals surface area contributed by atoms with Crippen molar-refractivity contribution in [3.8, 4) is 0 Å². The molecule has 1 aromatic rings. The van der Waals surface area contributed by atoms with Crippen molar-refractivity contribution in [3.63, 3.8) is 0 Å². The van der Waals surface area contributed by atoms with Crippen LogP contribution in [0.2, 0.25) is 0 Å². The summed E-state index contributed by atoms with van der Waals surface area (Å²) >= 11 is 1.84. The maximum absolute atomic E-state index is 5.84. The first-order chi connectivity index (χ1) is 5.62. The maximum atomic E-state index is 5.84. The van der Waals surface area contributed by atoms with E-state index < -0.39 is 0 Å². The summed E-state index contributed by atoms with van der Waals surface area (Å²) in [5.74, 6) is 0. The minimum absolute atomic E-state index is 0.307. The highest BCUT2D eigenvalue weighted by Crippen LogP contribution is 2.64. The molecule has 0 saturated heterocycles. The molecule has 0 bridgehead atoms.